The second kappa shape index (κ2) is 13.3. The molecule has 51 heavy (non-hydrogen) atoms. The van der Waals surface area contributed by atoms with Gasteiger partial charge in [0, 0.05) is 39.3 Å². The van der Waals surface area contributed by atoms with Crippen LogP contribution in [0.5, 0.6) is 0 Å². The molecule has 256 valence electrons. The molecule has 0 saturated carbocycles. The lowest BCUT2D eigenvalue weighted by molar-refractivity contribution is -0.279. The van der Waals surface area contributed by atoms with Crippen LogP contribution in [0.15, 0.2) is 143 Å². The molecule has 0 unspecified atom stereocenters. The van der Waals surface area contributed by atoms with Crippen LogP contribution in [0.1, 0.15) is 57.8 Å². The number of benzene rings is 5. The number of nitrogens with zero attached hydrogens (tertiary/aromatic N) is 3. The first-order valence-electron chi connectivity index (χ1n) is 17.1. The Labute approximate surface area is 308 Å². The quantitative estimate of drug-likeness (QED) is 0.176. The lowest BCUT2D eigenvalue weighted by atomic mass is 9.68. The average molecular weight is 715 g/mol. The zero-order chi connectivity index (χ0) is 35.2. The Morgan fingerprint density at radius 2 is 1.33 bits per heavy atom. The minimum atomic E-state index is -1.51. The molecule has 0 bridgehead atoms. The second-order valence-corrected chi connectivity index (χ2v) is 14.5. The lowest BCUT2D eigenvalue weighted by Gasteiger charge is -2.52. The summed E-state index contributed by atoms with van der Waals surface area (Å²) in [6.45, 7) is 7.34. The van der Waals surface area contributed by atoms with Crippen LogP contribution in [-0.4, -0.2) is 41.0 Å². The molecule has 6 nitrogen and oxygen atoms in total. The van der Waals surface area contributed by atoms with Crippen LogP contribution >= 0.6 is 23.2 Å². The smallest absolute Gasteiger partial charge is 0.346 e. The zero-order valence-corrected chi connectivity index (χ0v) is 30.1. The number of oxime groups is 2. The van der Waals surface area contributed by atoms with E-state index in [1.165, 1.54) is 11.1 Å². The molecule has 5 aromatic carbocycles. The molecule has 0 aliphatic carbocycles. The predicted octanol–water partition coefficient (Wildman–Crippen LogP) is 10.1. The SMILES string of the molecule is Cc1ccc(/C=C2\CN([C@H](C)c3ccccc3)C[C@]3(ON=C(c4ccc(Cl)cc4)[C@H]3c3ccc(C)cc3)[C@@]23ON=C(c2ccc(Cl)cc2)O3)cc1. The fraction of sp³-hybridized carbons (Fsp3) is 0.209. The molecule has 2 spiro atoms. The number of piperidine rings is 1. The van der Waals surface area contributed by atoms with Crippen molar-refractivity contribution in [3.05, 3.63) is 182 Å². The molecule has 5 aromatic rings. The van der Waals surface area contributed by atoms with Crippen LogP contribution < -0.4 is 0 Å². The van der Waals surface area contributed by atoms with E-state index >= 15 is 0 Å². The van der Waals surface area contributed by atoms with Crippen LogP contribution in [0.25, 0.3) is 6.08 Å². The fourth-order valence-corrected chi connectivity index (χ4v) is 7.65. The summed E-state index contributed by atoms with van der Waals surface area (Å²) in [6.07, 6.45) is 2.15. The Hall–Kier alpha value is -4.88. The van der Waals surface area contributed by atoms with E-state index in [1.807, 2.05) is 54.6 Å². The van der Waals surface area contributed by atoms with Crippen LogP contribution in [0.4, 0.5) is 0 Å². The van der Waals surface area contributed by atoms with Gasteiger partial charge in [-0.1, -0.05) is 130 Å². The van der Waals surface area contributed by atoms with E-state index in [1.54, 1.807) is 0 Å². The first-order valence-corrected chi connectivity index (χ1v) is 17.9. The molecule has 3 aliphatic rings. The van der Waals surface area contributed by atoms with Crippen molar-refractivity contribution in [2.75, 3.05) is 13.1 Å². The molecule has 1 saturated heterocycles. The van der Waals surface area contributed by atoms with E-state index in [2.05, 4.69) is 110 Å². The molecule has 1 fully saturated rings. The standard InChI is InChI=1S/C43H37Cl2N3O3/c1-28-9-13-31(14-10-28)25-36-26-48(30(3)32-7-5-4-6-8-32)27-42(43(36)49-41(47-51-43)35-19-23-38(45)24-20-35)39(33-15-11-29(2)12-16-33)40(46-50-42)34-17-21-37(44)22-18-34/h4-25,30,39H,26-27H2,1-3H3/b36-25+/t30-,39-,42-,43+/m1/s1. The monoisotopic (exact) mass is 713 g/mol. The topological polar surface area (TPSA) is 55.7 Å². The second-order valence-electron chi connectivity index (χ2n) is 13.6. The van der Waals surface area contributed by atoms with Crippen molar-refractivity contribution in [2.24, 2.45) is 10.3 Å². The molecule has 8 heteroatoms. The predicted molar refractivity (Wildman–Crippen MR) is 204 cm³/mol. The van der Waals surface area contributed by atoms with Crippen molar-refractivity contribution in [3.8, 4) is 0 Å². The molecule has 0 aromatic heterocycles. The summed E-state index contributed by atoms with van der Waals surface area (Å²) in [7, 11) is 0. The highest BCUT2D eigenvalue weighted by Gasteiger charge is 2.74. The van der Waals surface area contributed by atoms with Crippen LogP contribution in [0.3, 0.4) is 0 Å². The van der Waals surface area contributed by atoms with E-state index in [0.717, 1.165) is 39.1 Å². The summed E-state index contributed by atoms with van der Waals surface area (Å²) in [5.41, 5.74) is 7.54. The fourth-order valence-electron chi connectivity index (χ4n) is 7.40. The van der Waals surface area contributed by atoms with Gasteiger partial charge in [-0.15, -0.1) is 0 Å². The summed E-state index contributed by atoms with van der Waals surface area (Å²) in [6, 6.07) is 42.7. The highest BCUT2D eigenvalue weighted by Crippen LogP contribution is 2.57. The Kier molecular flexibility index (Phi) is 8.71. The van der Waals surface area contributed by atoms with Gasteiger partial charge in [-0.05, 0) is 85.1 Å². The Balaban J connectivity index is 1.36. The maximum Gasteiger partial charge on any atom is 0.346 e. The highest BCUT2D eigenvalue weighted by atomic mass is 35.5. The zero-order valence-electron chi connectivity index (χ0n) is 28.6. The highest BCUT2D eigenvalue weighted by molar-refractivity contribution is 6.31. The third-order valence-electron chi connectivity index (χ3n) is 10.2. The van der Waals surface area contributed by atoms with Gasteiger partial charge in [0.1, 0.15) is 0 Å². The van der Waals surface area contributed by atoms with Gasteiger partial charge >= 0.3 is 5.79 Å². The molecule has 0 radical (unpaired) electrons. The van der Waals surface area contributed by atoms with Gasteiger partial charge in [-0.3, -0.25) is 4.90 Å². The van der Waals surface area contributed by atoms with Gasteiger partial charge in [-0.25, -0.2) is 0 Å². The Morgan fingerprint density at radius 1 is 0.725 bits per heavy atom. The number of halogens is 2. The van der Waals surface area contributed by atoms with Gasteiger partial charge in [0.05, 0.1) is 18.2 Å². The van der Waals surface area contributed by atoms with Crippen molar-refractivity contribution in [1.82, 2.24) is 4.90 Å². The molecular formula is C43H37Cl2N3O3. The normalized spacial score (nSPS) is 24.2. The van der Waals surface area contributed by atoms with Crippen molar-refractivity contribution in [2.45, 2.75) is 44.1 Å². The minimum Gasteiger partial charge on any atom is -0.422 e. The number of hydrogen-bond donors (Lipinski definition) is 0. The van der Waals surface area contributed by atoms with Gasteiger partial charge in [0.2, 0.25) is 5.60 Å². The van der Waals surface area contributed by atoms with Crippen molar-refractivity contribution < 1.29 is 14.4 Å². The molecular weight excluding hydrogens is 677 g/mol. The third kappa shape index (κ3) is 6.01. The van der Waals surface area contributed by atoms with E-state index in [9.17, 15) is 0 Å². The first-order chi connectivity index (χ1) is 24.7. The molecule has 0 amide bonds. The van der Waals surface area contributed by atoms with E-state index in [0.29, 0.717) is 29.0 Å². The number of ether oxygens (including phenoxy) is 1. The van der Waals surface area contributed by atoms with Crippen LogP contribution in [0, 0.1) is 13.8 Å². The van der Waals surface area contributed by atoms with E-state index < -0.39 is 17.3 Å². The van der Waals surface area contributed by atoms with Crippen LogP contribution in [-0.2, 0) is 14.4 Å². The first kappa shape index (κ1) is 33.3. The summed E-state index contributed by atoms with van der Waals surface area (Å²) >= 11 is 12.7. The Morgan fingerprint density at radius 3 is 1.98 bits per heavy atom. The van der Waals surface area contributed by atoms with Crippen molar-refractivity contribution >= 4 is 40.9 Å². The van der Waals surface area contributed by atoms with Gasteiger partial charge in [-0.2, -0.15) is 0 Å². The molecule has 3 heterocycles. The number of likely N-dealkylation sites (tertiary alicyclic amines) is 1. The summed E-state index contributed by atoms with van der Waals surface area (Å²) in [4.78, 5) is 16.1. The average Bonchev–Trinajstić information content (AvgIpc) is 3.77. The summed E-state index contributed by atoms with van der Waals surface area (Å²) in [5, 5.41) is 10.9. The van der Waals surface area contributed by atoms with E-state index in [4.69, 9.17) is 42.8 Å². The van der Waals surface area contributed by atoms with E-state index in [-0.39, 0.29) is 6.04 Å². The largest absolute Gasteiger partial charge is 0.422 e. The number of aryl methyl sites for hydroxylation is 2. The maximum absolute atomic E-state index is 7.15. The van der Waals surface area contributed by atoms with Gasteiger partial charge in [0.15, 0.2) is 0 Å². The third-order valence-corrected chi connectivity index (χ3v) is 10.7. The van der Waals surface area contributed by atoms with Crippen LogP contribution in [0.2, 0.25) is 10.0 Å². The molecule has 3 aliphatic heterocycles. The molecule has 0 N–H and O–H groups in total. The van der Waals surface area contributed by atoms with Gasteiger partial charge < -0.3 is 14.4 Å². The number of rotatable bonds is 6. The molecule has 8 rings (SSSR count). The minimum absolute atomic E-state index is 0.0155. The number of hydrogen-bond acceptors (Lipinski definition) is 6. The maximum atomic E-state index is 7.15. The van der Waals surface area contributed by atoms with Gasteiger partial charge in [0.25, 0.3) is 5.90 Å². The lowest BCUT2D eigenvalue weighted by Crippen LogP contribution is -2.69. The Bertz CT molecular complexity index is 2130. The van der Waals surface area contributed by atoms with Crippen molar-refractivity contribution in [3.63, 3.8) is 0 Å². The molecule has 4 atom stereocenters. The summed E-state index contributed by atoms with van der Waals surface area (Å²) in [5.74, 6) is -1.60. The summed E-state index contributed by atoms with van der Waals surface area (Å²) < 4.78 is 7.15. The number of fused-ring (bicyclic) bond motifs is 1. The van der Waals surface area contributed by atoms with Crippen molar-refractivity contribution in [1.29, 1.82) is 0 Å².